The molecule has 0 N–H and O–H groups in total. The molecule has 6 nitrogen and oxygen atoms in total. The van der Waals surface area contributed by atoms with Crippen LogP contribution in [-0.2, 0) is 16.9 Å². The van der Waals surface area contributed by atoms with Crippen molar-refractivity contribution < 1.29 is 23.8 Å². The summed E-state index contributed by atoms with van der Waals surface area (Å²) in [7, 11) is 1.44. The maximum Gasteiger partial charge on any atom is 0.346 e. The number of cyclic esters (lactones) is 1. The van der Waals surface area contributed by atoms with Gasteiger partial charge in [0.25, 0.3) is 0 Å². The fourth-order valence-electron chi connectivity index (χ4n) is 4.24. The molecule has 3 aromatic rings. The number of aromatic nitrogens is 1. The smallest absolute Gasteiger partial charge is 0.346 e. The minimum Gasteiger partial charge on any atom is -0.495 e. The molecule has 4 rings (SSSR count). The van der Waals surface area contributed by atoms with Gasteiger partial charge in [-0.3, -0.25) is 4.79 Å². The van der Waals surface area contributed by atoms with Gasteiger partial charge >= 0.3 is 5.97 Å². The molecular weight excluding hydrogens is 454 g/mol. The lowest BCUT2D eigenvalue weighted by atomic mass is 9.97. The number of esters is 1. The minimum absolute atomic E-state index is 0.0122. The number of carbonyl (C=O) groups excluding carboxylic acids is 2. The number of benzene rings is 2. The second-order valence-electron chi connectivity index (χ2n) is 9.92. The molecule has 0 aliphatic carbocycles. The molecule has 0 saturated heterocycles. The van der Waals surface area contributed by atoms with E-state index in [9.17, 15) is 9.59 Å². The number of carbonyl (C=O) groups is 2. The quantitative estimate of drug-likeness (QED) is 0.242. The first-order valence-electron chi connectivity index (χ1n) is 12.0. The van der Waals surface area contributed by atoms with Crippen LogP contribution in [0.5, 0.6) is 17.2 Å². The highest BCUT2D eigenvalue weighted by atomic mass is 16.5. The number of hydrogen-bond donors (Lipinski definition) is 0. The third kappa shape index (κ3) is 5.01. The summed E-state index contributed by atoms with van der Waals surface area (Å²) in [6, 6.07) is 11.1. The third-order valence-corrected chi connectivity index (χ3v) is 6.06. The highest BCUT2D eigenvalue weighted by molar-refractivity contribution is 6.05. The molecule has 0 amide bonds. The molecule has 1 aliphatic rings. The van der Waals surface area contributed by atoms with Crippen molar-refractivity contribution in [2.45, 2.75) is 53.2 Å². The van der Waals surface area contributed by atoms with Crippen molar-refractivity contribution in [1.82, 2.24) is 4.57 Å². The number of nitrogens with zero attached hydrogens (tertiary/aromatic N) is 1. The van der Waals surface area contributed by atoms with E-state index in [1.807, 2.05) is 75.8 Å². The van der Waals surface area contributed by atoms with E-state index in [-0.39, 0.29) is 35.4 Å². The van der Waals surface area contributed by atoms with Gasteiger partial charge in [-0.15, -0.1) is 0 Å². The molecule has 0 unspecified atom stereocenters. The average Bonchev–Trinajstić information content (AvgIpc) is 3.37. The van der Waals surface area contributed by atoms with Gasteiger partial charge < -0.3 is 18.8 Å². The number of ketones is 1. The van der Waals surface area contributed by atoms with E-state index in [0.717, 1.165) is 11.1 Å². The molecule has 0 fully saturated rings. The van der Waals surface area contributed by atoms with Gasteiger partial charge in [-0.25, -0.2) is 4.79 Å². The van der Waals surface area contributed by atoms with Gasteiger partial charge in [0.05, 0.1) is 23.8 Å². The maximum atomic E-state index is 13.1. The number of hydrogen-bond acceptors (Lipinski definition) is 5. The van der Waals surface area contributed by atoms with Crippen LogP contribution in [0.25, 0.3) is 0 Å². The van der Waals surface area contributed by atoms with Crippen LogP contribution in [0.1, 0.15) is 71.5 Å². The molecule has 36 heavy (non-hydrogen) atoms. The van der Waals surface area contributed by atoms with Gasteiger partial charge in [0.2, 0.25) is 0 Å². The predicted molar refractivity (Wildman–Crippen MR) is 138 cm³/mol. The van der Waals surface area contributed by atoms with E-state index in [1.165, 1.54) is 7.11 Å². The normalized spacial score (nSPS) is 12.8. The van der Waals surface area contributed by atoms with Crippen molar-refractivity contribution >= 4 is 11.8 Å². The summed E-state index contributed by atoms with van der Waals surface area (Å²) in [4.78, 5) is 25.9. The summed E-state index contributed by atoms with van der Waals surface area (Å²) in [6.45, 7) is 9.99. The van der Waals surface area contributed by atoms with E-state index < -0.39 is 11.5 Å². The topological polar surface area (TPSA) is 66.8 Å². The number of fused-ring (bicyclic) bond motifs is 2. The van der Waals surface area contributed by atoms with E-state index in [0.29, 0.717) is 23.3 Å². The fourth-order valence-corrected chi connectivity index (χ4v) is 4.24. The highest BCUT2D eigenvalue weighted by Crippen LogP contribution is 2.40. The zero-order chi connectivity index (χ0) is 26.0. The van der Waals surface area contributed by atoms with E-state index in [1.54, 1.807) is 12.1 Å². The van der Waals surface area contributed by atoms with Crippen LogP contribution in [0.15, 0.2) is 48.8 Å². The standard InChI is InChI=1S/C30H31NO5/c1-19(2)15-24(32)23-9-10-25-26(28(23)34-6)29(33)35-18-22-17-20(3)16-21(27(22)36-25)11-12-30(4,5)31-13-7-8-14-31/h7-10,13-14,16-17,19H,15,18H2,1-6H3. The van der Waals surface area contributed by atoms with Gasteiger partial charge in [0.15, 0.2) is 5.78 Å². The van der Waals surface area contributed by atoms with Crippen LogP contribution >= 0.6 is 0 Å². The van der Waals surface area contributed by atoms with Gasteiger partial charge in [-0.2, -0.15) is 0 Å². The SMILES string of the molecule is COc1c(C(=O)CC(C)C)ccc2c1C(=O)OCc1cc(C)cc(C#CC(C)(C)n3cccc3)c1O2. The number of methoxy groups -OCH3 is 1. The Morgan fingerprint density at radius 3 is 2.58 bits per heavy atom. The Bertz CT molecular complexity index is 1370. The van der Waals surface area contributed by atoms with Crippen LogP contribution in [0, 0.1) is 24.7 Å². The fraction of sp³-hybridized carbons (Fsp3) is 0.333. The molecule has 2 heterocycles. The number of rotatable bonds is 5. The van der Waals surface area contributed by atoms with Gasteiger partial charge in [-0.05, 0) is 68.7 Å². The summed E-state index contributed by atoms with van der Waals surface area (Å²) in [5.74, 6) is 7.04. The molecule has 0 spiro atoms. The number of Topliss-reactive ketones (excluding diaryl/α,β-unsaturated/α-hetero) is 1. The third-order valence-electron chi connectivity index (χ3n) is 6.06. The molecule has 1 aliphatic heterocycles. The molecule has 6 heteroatoms. The van der Waals surface area contributed by atoms with Crippen LogP contribution < -0.4 is 9.47 Å². The van der Waals surface area contributed by atoms with Crippen molar-refractivity contribution in [3.63, 3.8) is 0 Å². The van der Waals surface area contributed by atoms with E-state index >= 15 is 0 Å². The monoisotopic (exact) mass is 485 g/mol. The van der Waals surface area contributed by atoms with Crippen LogP contribution in [0.2, 0.25) is 0 Å². The Hall–Kier alpha value is -3.98. The van der Waals surface area contributed by atoms with Crippen LogP contribution in [0.4, 0.5) is 0 Å². The summed E-state index contributed by atoms with van der Waals surface area (Å²) in [6.07, 6.45) is 4.29. The molecule has 2 aromatic carbocycles. The van der Waals surface area contributed by atoms with Crippen molar-refractivity contribution in [3.05, 3.63) is 76.6 Å². The summed E-state index contributed by atoms with van der Waals surface area (Å²) >= 11 is 0. The van der Waals surface area contributed by atoms with Crippen molar-refractivity contribution in [1.29, 1.82) is 0 Å². The Kier molecular flexibility index (Phi) is 6.94. The zero-order valence-corrected chi connectivity index (χ0v) is 21.6. The Labute approximate surface area is 212 Å². The lowest BCUT2D eigenvalue weighted by Gasteiger charge is -2.23. The zero-order valence-electron chi connectivity index (χ0n) is 21.6. The first-order chi connectivity index (χ1) is 17.1. The second-order valence-corrected chi connectivity index (χ2v) is 9.92. The predicted octanol–water partition coefficient (Wildman–Crippen LogP) is 6.28. The average molecular weight is 486 g/mol. The molecular formula is C30H31NO5. The van der Waals surface area contributed by atoms with E-state index in [2.05, 4.69) is 11.8 Å². The van der Waals surface area contributed by atoms with Gasteiger partial charge in [0.1, 0.15) is 29.4 Å². The summed E-state index contributed by atoms with van der Waals surface area (Å²) in [5.41, 5.74) is 2.38. The van der Waals surface area contributed by atoms with Crippen molar-refractivity contribution in [2.24, 2.45) is 5.92 Å². The first kappa shape index (κ1) is 25.1. The lowest BCUT2D eigenvalue weighted by Crippen LogP contribution is -2.22. The summed E-state index contributed by atoms with van der Waals surface area (Å²) < 4.78 is 19.6. The Balaban J connectivity index is 1.82. The molecule has 0 bridgehead atoms. The number of ether oxygens (including phenoxy) is 3. The van der Waals surface area contributed by atoms with Crippen molar-refractivity contribution in [3.8, 4) is 29.1 Å². The lowest BCUT2D eigenvalue weighted by molar-refractivity contribution is 0.0455. The molecule has 1 aromatic heterocycles. The molecule has 0 saturated carbocycles. The Morgan fingerprint density at radius 1 is 1.19 bits per heavy atom. The van der Waals surface area contributed by atoms with Crippen LogP contribution in [0.3, 0.4) is 0 Å². The molecule has 0 radical (unpaired) electrons. The van der Waals surface area contributed by atoms with Crippen molar-refractivity contribution in [2.75, 3.05) is 7.11 Å². The Morgan fingerprint density at radius 2 is 1.92 bits per heavy atom. The molecule has 0 atom stereocenters. The summed E-state index contributed by atoms with van der Waals surface area (Å²) in [5, 5.41) is 0. The van der Waals surface area contributed by atoms with E-state index in [4.69, 9.17) is 14.2 Å². The molecule has 186 valence electrons. The van der Waals surface area contributed by atoms with Crippen LogP contribution in [-0.4, -0.2) is 23.4 Å². The minimum atomic E-state index is -0.602. The van der Waals surface area contributed by atoms with Gasteiger partial charge in [-0.1, -0.05) is 25.7 Å². The maximum absolute atomic E-state index is 13.1. The van der Waals surface area contributed by atoms with Gasteiger partial charge in [0, 0.05) is 24.4 Å². The largest absolute Gasteiger partial charge is 0.495 e. The first-order valence-corrected chi connectivity index (χ1v) is 12.0. The number of aryl methyl sites for hydroxylation is 1. The highest BCUT2D eigenvalue weighted by Gasteiger charge is 2.29. The second kappa shape index (κ2) is 9.94.